The van der Waals surface area contributed by atoms with Crippen molar-refractivity contribution < 1.29 is 18.7 Å². The summed E-state index contributed by atoms with van der Waals surface area (Å²) in [5.41, 5.74) is 6.37. The molecule has 0 spiro atoms. The van der Waals surface area contributed by atoms with Gasteiger partial charge in [-0.2, -0.15) is 0 Å². The topological polar surface area (TPSA) is 73.6 Å². The first-order valence-corrected chi connectivity index (χ1v) is 6.93. The molecule has 22 heavy (non-hydrogen) atoms. The summed E-state index contributed by atoms with van der Waals surface area (Å²) in [7, 11) is 1.57. The molecule has 0 bridgehead atoms. The van der Waals surface area contributed by atoms with Crippen LogP contribution in [0.25, 0.3) is 0 Å². The normalized spacial score (nSPS) is 11.6. The number of hydrogen-bond acceptors (Lipinski definition) is 4. The summed E-state index contributed by atoms with van der Waals surface area (Å²) >= 11 is 0. The number of carbonyl (C=O) groups is 1. The maximum Gasteiger partial charge on any atom is 0.251 e. The van der Waals surface area contributed by atoms with Gasteiger partial charge >= 0.3 is 0 Å². The Bertz CT molecular complexity index is 458. The zero-order valence-electron chi connectivity index (χ0n) is 12.9. The van der Waals surface area contributed by atoms with E-state index in [4.69, 9.17) is 15.2 Å². The van der Waals surface area contributed by atoms with E-state index in [1.165, 1.54) is 18.2 Å². The third-order valence-electron chi connectivity index (χ3n) is 2.88. The zero-order valence-corrected chi connectivity index (χ0v) is 13.7. The molecule has 1 atom stereocenters. The fourth-order valence-electron chi connectivity index (χ4n) is 1.67. The standard InChI is InChI=1S/C15H23FN2O3.ClH/c1-11(17)5-6-18-15(19)12-3-4-14(16)13(9-12)10-21-8-7-20-2;/h3-4,9,11H,5-8,10,17H2,1-2H3,(H,18,19);1H. The van der Waals surface area contributed by atoms with E-state index in [9.17, 15) is 9.18 Å². The van der Waals surface area contributed by atoms with Crippen LogP contribution in [0, 0.1) is 5.82 Å². The summed E-state index contributed by atoms with van der Waals surface area (Å²) in [5, 5.41) is 2.75. The smallest absolute Gasteiger partial charge is 0.251 e. The van der Waals surface area contributed by atoms with Crippen LogP contribution in [-0.2, 0) is 16.1 Å². The van der Waals surface area contributed by atoms with Crippen LogP contribution < -0.4 is 11.1 Å². The maximum absolute atomic E-state index is 13.6. The van der Waals surface area contributed by atoms with E-state index in [0.717, 1.165) is 0 Å². The number of hydrogen-bond donors (Lipinski definition) is 2. The van der Waals surface area contributed by atoms with E-state index in [-0.39, 0.29) is 36.8 Å². The number of halogens is 2. The molecule has 1 rings (SSSR count). The SMILES string of the molecule is COCCOCc1cc(C(=O)NCCC(C)N)ccc1F.Cl. The van der Waals surface area contributed by atoms with Gasteiger partial charge in [-0.3, -0.25) is 4.79 Å². The highest BCUT2D eigenvalue weighted by atomic mass is 35.5. The Hall–Kier alpha value is -1.21. The van der Waals surface area contributed by atoms with Gasteiger partial charge in [-0.1, -0.05) is 0 Å². The maximum atomic E-state index is 13.6. The quantitative estimate of drug-likeness (QED) is 0.676. The molecule has 1 amide bonds. The van der Waals surface area contributed by atoms with E-state index in [1.807, 2.05) is 6.92 Å². The predicted octanol–water partition coefficient (Wildman–Crippen LogP) is 1.88. The minimum atomic E-state index is -0.389. The third-order valence-corrected chi connectivity index (χ3v) is 2.88. The van der Waals surface area contributed by atoms with Gasteiger partial charge in [0, 0.05) is 30.8 Å². The van der Waals surface area contributed by atoms with Crippen LogP contribution >= 0.6 is 12.4 Å². The van der Waals surface area contributed by atoms with Crippen molar-refractivity contribution in [3.05, 3.63) is 35.1 Å². The first-order chi connectivity index (χ1) is 10.0. The number of carbonyl (C=O) groups excluding carboxylic acids is 1. The molecule has 1 unspecified atom stereocenters. The van der Waals surface area contributed by atoms with Crippen LogP contribution in [0.1, 0.15) is 29.3 Å². The fourth-order valence-corrected chi connectivity index (χ4v) is 1.67. The average Bonchev–Trinajstić information content (AvgIpc) is 2.44. The number of nitrogens with two attached hydrogens (primary N) is 1. The number of nitrogens with one attached hydrogen (secondary N) is 1. The van der Waals surface area contributed by atoms with Crippen LogP contribution in [0.3, 0.4) is 0 Å². The van der Waals surface area contributed by atoms with Crippen molar-refractivity contribution in [3.63, 3.8) is 0 Å². The molecule has 5 nitrogen and oxygen atoms in total. The minimum absolute atomic E-state index is 0. The Morgan fingerprint density at radius 1 is 1.41 bits per heavy atom. The van der Waals surface area contributed by atoms with Gasteiger partial charge in [0.15, 0.2) is 0 Å². The minimum Gasteiger partial charge on any atom is -0.382 e. The number of amides is 1. The lowest BCUT2D eigenvalue weighted by Crippen LogP contribution is -2.29. The molecule has 7 heteroatoms. The van der Waals surface area contributed by atoms with Gasteiger partial charge in [-0.15, -0.1) is 12.4 Å². The summed E-state index contributed by atoms with van der Waals surface area (Å²) in [6.45, 7) is 3.29. The Morgan fingerprint density at radius 2 is 2.14 bits per heavy atom. The van der Waals surface area contributed by atoms with Gasteiger partial charge in [0.1, 0.15) is 5.82 Å². The molecule has 0 heterocycles. The molecule has 126 valence electrons. The van der Waals surface area contributed by atoms with Crippen molar-refractivity contribution in [1.82, 2.24) is 5.32 Å². The van der Waals surface area contributed by atoms with Crippen LogP contribution in [0.4, 0.5) is 4.39 Å². The molecular weight excluding hydrogens is 311 g/mol. The fraction of sp³-hybridized carbons (Fsp3) is 0.533. The van der Waals surface area contributed by atoms with Crippen molar-refractivity contribution in [2.75, 3.05) is 26.9 Å². The second-order valence-electron chi connectivity index (χ2n) is 4.87. The van der Waals surface area contributed by atoms with E-state index in [1.54, 1.807) is 7.11 Å². The van der Waals surface area contributed by atoms with Crippen molar-refractivity contribution in [1.29, 1.82) is 0 Å². The molecule has 0 aliphatic rings. The second-order valence-corrected chi connectivity index (χ2v) is 4.87. The predicted molar refractivity (Wildman–Crippen MR) is 85.8 cm³/mol. The van der Waals surface area contributed by atoms with Crippen molar-refractivity contribution in [2.45, 2.75) is 26.0 Å². The number of benzene rings is 1. The van der Waals surface area contributed by atoms with E-state index >= 15 is 0 Å². The molecule has 0 saturated carbocycles. The van der Waals surface area contributed by atoms with Crippen LogP contribution in [0.2, 0.25) is 0 Å². The molecule has 0 aliphatic carbocycles. The average molecular weight is 335 g/mol. The number of rotatable bonds is 9. The van der Waals surface area contributed by atoms with Crippen molar-refractivity contribution >= 4 is 18.3 Å². The molecule has 0 saturated heterocycles. The highest BCUT2D eigenvalue weighted by Gasteiger charge is 2.10. The lowest BCUT2D eigenvalue weighted by atomic mass is 10.1. The summed E-state index contributed by atoms with van der Waals surface area (Å²) in [4.78, 5) is 11.9. The Morgan fingerprint density at radius 3 is 2.77 bits per heavy atom. The summed E-state index contributed by atoms with van der Waals surface area (Å²) in [6, 6.07) is 4.26. The summed E-state index contributed by atoms with van der Waals surface area (Å²) in [6.07, 6.45) is 0.694. The van der Waals surface area contributed by atoms with Gasteiger partial charge in [-0.25, -0.2) is 4.39 Å². The third kappa shape index (κ3) is 7.70. The summed E-state index contributed by atoms with van der Waals surface area (Å²) < 4.78 is 23.8. The van der Waals surface area contributed by atoms with Crippen LogP contribution in [0.5, 0.6) is 0 Å². The lowest BCUT2D eigenvalue weighted by molar-refractivity contribution is 0.0604. The van der Waals surface area contributed by atoms with Crippen molar-refractivity contribution in [3.8, 4) is 0 Å². The molecule has 1 aromatic carbocycles. The van der Waals surface area contributed by atoms with Gasteiger partial charge in [-0.05, 0) is 31.5 Å². The highest BCUT2D eigenvalue weighted by Crippen LogP contribution is 2.12. The first kappa shape index (κ1) is 20.8. The van der Waals surface area contributed by atoms with Gasteiger partial charge < -0.3 is 20.5 Å². The van der Waals surface area contributed by atoms with Crippen LogP contribution in [0.15, 0.2) is 18.2 Å². The Balaban J connectivity index is 0.00000441. The first-order valence-electron chi connectivity index (χ1n) is 6.93. The van der Waals surface area contributed by atoms with E-state index in [0.29, 0.717) is 37.3 Å². The van der Waals surface area contributed by atoms with Gasteiger partial charge in [0.05, 0.1) is 19.8 Å². The highest BCUT2D eigenvalue weighted by molar-refractivity contribution is 5.94. The molecule has 0 radical (unpaired) electrons. The molecule has 0 aromatic heterocycles. The molecule has 1 aromatic rings. The van der Waals surface area contributed by atoms with E-state index in [2.05, 4.69) is 5.32 Å². The van der Waals surface area contributed by atoms with Crippen LogP contribution in [-0.4, -0.2) is 38.8 Å². The molecular formula is C15H24ClFN2O3. The Labute approximate surface area is 136 Å². The lowest BCUT2D eigenvalue weighted by Gasteiger charge is -2.09. The second kappa shape index (κ2) is 11.4. The van der Waals surface area contributed by atoms with Crippen molar-refractivity contribution in [2.24, 2.45) is 5.73 Å². The number of ether oxygens (including phenoxy) is 2. The monoisotopic (exact) mass is 334 g/mol. The number of methoxy groups -OCH3 is 1. The largest absolute Gasteiger partial charge is 0.382 e. The molecule has 0 fully saturated rings. The molecule has 3 N–H and O–H groups in total. The zero-order chi connectivity index (χ0) is 15.7. The van der Waals surface area contributed by atoms with E-state index < -0.39 is 0 Å². The molecule has 0 aliphatic heterocycles. The van der Waals surface area contributed by atoms with Gasteiger partial charge in [0.2, 0.25) is 0 Å². The Kier molecular flexibility index (Phi) is 10.7. The summed E-state index contributed by atoms with van der Waals surface area (Å²) in [5.74, 6) is -0.631. The van der Waals surface area contributed by atoms with Gasteiger partial charge in [0.25, 0.3) is 5.91 Å².